The Morgan fingerprint density at radius 2 is 2.24 bits per heavy atom. The second-order valence-corrected chi connectivity index (χ2v) is 7.24. The highest BCUT2D eigenvalue weighted by Gasteiger charge is 2.27. The molecule has 1 N–H and O–H groups in total. The van der Waals surface area contributed by atoms with Gasteiger partial charge in [0.25, 0.3) is 0 Å². The summed E-state index contributed by atoms with van der Waals surface area (Å²) < 4.78 is 7.79. The van der Waals surface area contributed by atoms with Crippen LogP contribution in [0.3, 0.4) is 0 Å². The molecule has 0 saturated carbocycles. The molecule has 0 spiro atoms. The lowest BCUT2D eigenvalue weighted by Gasteiger charge is -2.35. The van der Waals surface area contributed by atoms with Crippen LogP contribution in [0.1, 0.15) is 22.5 Å². The first-order valence-corrected chi connectivity index (χ1v) is 8.96. The quantitative estimate of drug-likeness (QED) is 0.755. The number of aryl methyl sites for hydroxylation is 2. The molecule has 6 nitrogen and oxygen atoms in total. The van der Waals surface area contributed by atoms with E-state index in [0.29, 0.717) is 0 Å². The molecule has 1 saturated heterocycles. The van der Waals surface area contributed by atoms with E-state index in [4.69, 9.17) is 4.42 Å². The van der Waals surface area contributed by atoms with Gasteiger partial charge in [0.15, 0.2) is 10.8 Å². The molecule has 0 radical (unpaired) electrons. The van der Waals surface area contributed by atoms with E-state index in [1.165, 1.54) is 4.88 Å². The van der Waals surface area contributed by atoms with E-state index in [9.17, 15) is 0 Å². The van der Waals surface area contributed by atoms with Crippen molar-refractivity contribution in [3.8, 4) is 10.8 Å². The topological polar surface area (TPSA) is 59.1 Å². The molecule has 25 heavy (non-hydrogen) atoms. The van der Waals surface area contributed by atoms with Gasteiger partial charge in [-0.05, 0) is 19.1 Å². The Kier molecular flexibility index (Phi) is 5.58. The van der Waals surface area contributed by atoms with Gasteiger partial charge in [0.1, 0.15) is 11.6 Å². The maximum atomic E-state index is 5.68. The molecule has 8 heteroatoms. The summed E-state index contributed by atoms with van der Waals surface area (Å²) in [7, 11) is 2.05. The Bertz CT molecular complexity index is 826. The molecule has 4 rings (SSSR count). The van der Waals surface area contributed by atoms with E-state index < -0.39 is 0 Å². The first kappa shape index (κ1) is 18.1. The molecule has 0 aromatic carbocycles. The highest BCUT2D eigenvalue weighted by Crippen LogP contribution is 2.29. The Morgan fingerprint density at radius 3 is 2.96 bits per heavy atom. The van der Waals surface area contributed by atoms with Crippen LogP contribution in [0, 0.1) is 6.92 Å². The smallest absolute Gasteiger partial charge is 0.162 e. The average molecular weight is 380 g/mol. The van der Waals surface area contributed by atoms with E-state index in [0.717, 1.165) is 48.5 Å². The number of aromatic nitrogens is 3. The van der Waals surface area contributed by atoms with E-state index >= 15 is 0 Å². The molecule has 1 aliphatic heterocycles. The van der Waals surface area contributed by atoms with Gasteiger partial charge in [0, 0.05) is 56.7 Å². The second-order valence-electron chi connectivity index (χ2n) is 6.13. The molecule has 134 valence electrons. The fourth-order valence-electron chi connectivity index (χ4n) is 3.13. The summed E-state index contributed by atoms with van der Waals surface area (Å²) in [6, 6.07) is 4.25. The highest BCUT2D eigenvalue weighted by atomic mass is 35.5. The molecule has 0 aliphatic carbocycles. The maximum Gasteiger partial charge on any atom is 0.162 e. The minimum absolute atomic E-state index is 0. The van der Waals surface area contributed by atoms with Crippen molar-refractivity contribution in [2.45, 2.75) is 19.5 Å². The van der Waals surface area contributed by atoms with Crippen LogP contribution in [0.5, 0.6) is 0 Å². The summed E-state index contributed by atoms with van der Waals surface area (Å²) in [5.74, 6) is 2.87. The third-order valence-corrected chi connectivity index (χ3v) is 5.37. The van der Waals surface area contributed by atoms with E-state index in [1.54, 1.807) is 11.3 Å². The molecule has 0 amide bonds. The minimum atomic E-state index is 0. The molecule has 4 heterocycles. The van der Waals surface area contributed by atoms with Gasteiger partial charge < -0.3 is 14.3 Å². The summed E-state index contributed by atoms with van der Waals surface area (Å²) in [4.78, 5) is 12.8. The van der Waals surface area contributed by atoms with Crippen molar-refractivity contribution in [3.63, 3.8) is 0 Å². The number of rotatable bonds is 4. The monoisotopic (exact) mass is 379 g/mol. The lowest BCUT2D eigenvalue weighted by atomic mass is 10.1. The summed E-state index contributed by atoms with van der Waals surface area (Å²) in [5, 5.41) is 4.42. The van der Waals surface area contributed by atoms with Gasteiger partial charge in [0.2, 0.25) is 0 Å². The summed E-state index contributed by atoms with van der Waals surface area (Å²) in [6.07, 6.45) is 5.84. The first-order valence-electron chi connectivity index (χ1n) is 8.14. The van der Waals surface area contributed by atoms with E-state index in [-0.39, 0.29) is 18.4 Å². The Morgan fingerprint density at radius 1 is 1.36 bits per heavy atom. The first-order chi connectivity index (χ1) is 11.7. The van der Waals surface area contributed by atoms with Crippen LogP contribution in [-0.4, -0.2) is 39.1 Å². The predicted molar refractivity (Wildman–Crippen MR) is 101 cm³/mol. The Labute approximate surface area is 157 Å². The number of hydrogen-bond donors (Lipinski definition) is 1. The summed E-state index contributed by atoms with van der Waals surface area (Å²) in [5.41, 5.74) is 0. The van der Waals surface area contributed by atoms with Gasteiger partial charge in [-0.15, -0.1) is 23.7 Å². The number of piperazine rings is 1. The van der Waals surface area contributed by atoms with Crippen molar-refractivity contribution in [1.82, 2.24) is 24.8 Å². The number of hydrogen-bond acceptors (Lipinski definition) is 6. The molecule has 1 unspecified atom stereocenters. The normalized spacial score (nSPS) is 18.2. The zero-order chi connectivity index (χ0) is 16.5. The summed E-state index contributed by atoms with van der Waals surface area (Å²) in [6.45, 7) is 5.77. The molecule has 1 aliphatic rings. The Balaban J connectivity index is 0.00000182. The second kappa shape index (κ2) is 7.70. The van der Waals surface area contributed by atoms with E-state index in [1.807, 2.05) is 37.6 Å². The average Bonchev–Trinajstić information content (AvgIpc) is 3.30. The highest BCUT2D eigenvalue weighted by molar-refractivity contribution is 7.14. The van der Waals surface area contributed by atoms with Crippen molar-refractivity contribution < 1.29 is 4.42 Å². The lowest BCUT2D eigenvalue weighted by molar-refractivity contribution is 0.146. The standard InChI is InChI=1S/C17H21N5OS.ClH/c1-12-3-4-15(23-12)17-20-9-13(24-17)11-22-8-5-18-10-14(22)16-19-6-7-21(16)2;/h3-4,6-7,9,14,18H,5,8,10-11H2,1-2H3;1H. The van der Waals surface area contributed by atoms with Crippen molar-refractivity contribution in [2.24, 2.45) is 7.05 Å². The third kappa shape index (κ3) is 3.79. The van der Waals surface area contributed by atoms with Crippen LogP contribution in [-0.2, 0) is 13.6 Å². The van der Waals surface area contributed by atoms with Gasteiger partial charge in [-0.25, -0.2) is 9.97 Å². The van der Waals surface area contributed by atoms with Gasteiger partial charge >= 0.3 is 0 Å². The van der Waals surface area contributed by atoms with Crippen LogP contribution in [0.2, 0.25) is 0 Å². The molecule has 3 aromatic heterocycles. The molecule has 1 atom stereocenters. The van der Waals surface area contributed by atoms with Gasteiger partial charge in [-0.1, -0.05) is 0 Å². The predicted octanol–water partition coefficient (Wildman–Crippen LogP) is 3.01. The number of imidazole rings is 1. The molecule has 1 fully saturated rings. The fraction of sp³-hybridized carbons (Fsp3) is 0.412. The van der Waals surface area contributed by atoms with Gasteiger partial charge in [0.05, 0.1) is 6.04 Å². The van der Waals surface area contributed by atoms with Crippen LogP contribution in [0.15, 0.2) is 35.1 Å². The zero-order valence-electron chi connectivity index (χ0n) is 14.3. The molecular formula is C17H22ClN5OS. The Hall–Kier alpha value is -1.67. The third-order valence-electron chi connectivity index (χ3n) is 4.37. The summed E-state index contributed by atoms with van der Waals surface area (Å²) >= 11 is 1.70. The number of thiazole rings is 1. The van der Waals surface area contributed by atoms with Crippen LogP contribution >= 0.6 is 23.7 Å². The SMILES string of the molecule is Cc1ccc(-c2ncc(CN3CCNCC3c3nccn3C)s2)o1.Cl. The molecular weight excluding hydrogens is 358 g/mol. The molecule has 0 bridgehead atoms. The number of halogens is 1. The van der Waals surface area contributed by atoms with Crippen LogP contribution in [0.25, 0.3) is 10.8 Å². The van der Waals surface area contributed by atoms with Crippen molar-refractivity contribution in [3.05, 3.63) is 47.2 Å². The fourth-order valence-corrected chi connectivity index (χ4v) is 4.03. The number of nitrogens with zero attached hydrogens (tertiary/aromatic N) is 4. The largest absolute Gasteiger partial charge is 0.459 e. The number of furan rings is 1. The van der Waals surface area contributed by atoms with Crippen LogP contribution < -0.4 is 5.32 Å². The van der Waals surface area contributed by atoms with Crippen molar-refractivity contribution in [2.75, 3.05) is 19.6 Å². The maximum absolute atomic E-state index is 5.68. The lowest BCUT2D eigenvalue weighted by Crippen LogP contribution is -2.46. The van der Waals surface area contributed by atoms with Crippen molar-refractivity contribution in [1.29, 1.82) is 0 Å². The van der Waals surface area contributed by atoms with E-state index in [2.05, 4.69) is 31.8 Å². The van der Waals surface area contributed by atoms with Gasteiger partial charge in [-0.3, -0.25) is 4.90 Å². The van der Waals surface area contributed by atoms with Gasteiger partial charge in [-0.2, -0.15) is 0 Å². The minimum Gasteiger partial charge on any atom is -0.459 e. The number of nitrogens with one attached hydrogen (secondary N) is 1. The van der Waals surface area contributed by atoms with Crippen LogP contribution in [0.4, 0.5) is 0 Å². The zero-order valence-corrected chi connectivity index (χ0v) is 15.9. The van der Waals surface area contributed by atoms with Crippen molar-refractivity contribution >= 4 is 23.7 Å². The molecule has 3 aromatic rings.